The van der Waals surface area contributed by atoms with Gasteiger partial charge in [0, 0.05) is 31.4 Å². The molecule has 0 radical (unpaired) electrons. The molecule has 0 spiro atoms. The summed E-state index contributed by atoms with van der Waals surface area (Å²) in [5, 5.41) is 14.4. The number of benzene rings is 1. The molecule has 2 aliphatic rings. The van der Waals surface area contributed by atoms with Crippen LogP contribution in [0.25, 0.3) is 22.2 Å². The first kappa shape index (κ1) is 22.8. The van der Waals surface area contributed by atoms with Gasteiger partial charge in [-0.05, 0) is 54.7 Å². The van der Waals surface area contributed by atoms with E-state index < -0.39 is 11.5 Å². The summed E-state index contributed by atoms with van der Waals surface area (Å²) in [5.74, 6) is -0.684. The van der Waals surface area contributed by atoms with Crippen LogP contribution in [-0.4, -0.2) is 64.9 Å². The van der Waals surface area contributed by atoms with Crippen LogP contribution in [0, 0.1) is 5.95 Å². The van der Waals surface area contributed by atoms with Crippen molar-refractivity contribution in [2.45, 2.75) is 38.5 Å². The monoisotopic (exact) mass is 468 g/mol. The average molecular weight is 469 g/mol. The van der Waals surface area contributed by atoms with E-state index in [0.29, 0.717) is 43.8 Å². The van der Waals surface area contributed by atoms with Gasteiger partial charge in [0.2, 0.25) is 5.95 Å². The smallest absolute Gasteiger partial charge is 0.254 e. The Morgan fingerprint density at radius 1 is 1.32 bits per heavy atom. The maximum Gasteiger partial charge on any atom is 0.254 e. The van der Waals surface area contributed by atoms with Crippen LogP contribution in [0.4, 0.5) is 4.39 Å². The van der Waals surface area contributed by atoms with Crippen molar-refractivity contribution in [2.75, 3.05) is 33.4 Å². The number of amides is 1. The molecule has 2 aliphatic heterocycles. The lowest BCUT2D eigenvalue weighted by molar-refractivity contribution is -0.148. The molecule has 1 amide bonds. The molecule has 1 fully saturated rings. The quantitative estimate of drug-likeness (QED) is 0.545. The van der Waals surface area contributed by atoms with Gasteiger partial charge < -0.3 is 29.8 Å². The molecular weight excluding hydrogens is 439 g/mol. The lowest BCUT2D eigenvalue weighted by Crippen LogP contribution is -2.47. The number of aliphatic hydroxyl groups is 1. The van der Waals surface area contributed by atoms with Crippen LogP contribution < -0.4 is 10.1 Å². The van der Waals surface area contributed by atoms with Gasteiger partial charge in [-0.15, -0.1) is 0 Å². The van der Waals surface area contributed by atoms with Crippen molar-refractivity contribution in [2.24, 2.45) is 0 Å². The van der Waals surface area contributed by atoms with Gasteiger partial charge in [0.1, 0.15) is 11.2 Å². The summed E-state index contributed by atoms with van der Waals surface area (Å²) in [7, 11) is 1.44. The SMILES string of the molecule is COc1c(F)[nH]c2ncc(-c3cc4c(c([C@@H]5COCCN5)c3)CN(C(=O)C(C)(C)O)CC4)cc12. The Kier molecular flexibility index (Phi) is 5.79. The Bertz CT molecular complexity index is 1240. The van der Waals surface area contributed by atoms with Crippen LogP contribution in [0.2, 0.25) is 0 Å². The van der Waals surface area contributed by atoms with Crippen molar-refractivity contribution < 1.29 is 23.8 Å². The number of nitrogens with one attached hydrogen (secondary N) is 2. The van der Waals surface area contributed by atoms with E-state index >= 15 is 0 Å². The summed E-state index contributed by atoms with van der Waals surface area (Å²) in [6.45, 7) is 5.93. The van der Waals surface area contributed by atoms with E-state index in [-0.39, 0.29) is 17.7 Å². The van der Waals surface area contributed by atoms with Gasteiger partial charge in [-0.2, -0.15) is 4.39 Å². The fourth-order valence-corrected chi connectivity index (χ4v) is 4.87. The maximum absolute atomic E-state index is 14.2. The number of nitrogens with zero attached hydrogens (tertiary/aromatic N) is 2. The molecule has 3 aromatic rings. The predicted molar refractivity (Wildman–Crippen MR) is 125 cm³/mol. The molecule has 0 unspecified atom stereocenters. The van der Waals surface area contributed by atoms with E-state index in [1.54, 1.807) is 11.1 Å². The number of rotatable bonds is 4. The van der Waals surface area contributed by atoms with Crippen LogP contribution in [0.15, 0.2) is 24.4 Å². The Morgan fingerprint density at radius 3 is 2.85 bits per heavy atom. The summed E-state index contributed by atoms with van der Waals surface area (Å²) in [6, 6.07) is 6.08. The largest absolute Gasteiger partial charge is 0.491 e. The number of methoxy groups -OCH3 is 1. The lowest BCUT2D eigenvalue weighted by Gasteiger charge is -2.36. The summed E-state index contributed by atoms with van der Waals surface area (Å²) >= 11 is 0. The minimum Gasteiger partial charge on any atom is -0.491 e. The molecule has 1 aromatic carbocycles. The van der Waals surface area contributed by atoms with Crippen LogP contribution in [0.3, 0.4) is 0 Å². The number of ether oxygens (including phenoxy) is 2. The van der Waals surface area contributed by atoms with E-state index in [1.165, 1.54) is 21.0 Å². The third-order valence-corrected chi connectivity index (χ3v) is 6.58. The number of carbonyl (C=O) groups is 1. The van der Waals surface area contributed by atoms with E-state index in [1.807, 2.05) is 6.07 Å². The van der Waals surface area contributed by atoms with E-state index in [9.17, 15) is 14.3 Å². The van der Waals surface area contributed by atoms with Gasteiger partial charge in [-0.3, -0.25) is 4.79 Å². The van der Waals surface area contributed by atoms with Crippen molar-refractivity contribution in [3.63, 3.8) is 0 Å². The first-order chi connectivity index (χ1) is 16.3. The summed E-state index contributed by atoms with van der Waals surface area (Å²) in [5.41, 5.74) is 4.10. The number of aromatic nitrogens is 2. The van der Waals surface area contributed by atoms with Crippen molar-refractivity contribution >= 4 is 16.9 Å². The highest BCUT2D eigenvalue weighted by molar-refractivity contribution is 5.88. The number of carbonyl (C=O) groups excluding carboxylic acids is 1. The molecule has 3 N–H and O–H groups in total. The number of H-pyrrole nitrogens is 1. The third kappa shape index (κ3) is 4.04. The van der Waals surface area contributed by atoms with Crippen molar-refractivity contribution in [3.8, 4) is 16.9 Å². The number of pyridine rings is 1. The fourth-order valence-electron chi connectivity index (χ4n) is 4.87. The van der Waals surface area contributed by atoms with Crippen LogP contribution in [0.1, 0.15) is 36.6 Å². The van der Waals surface area contributed by atoms with E-state index in [4.69, 9.17) is 9.47 Å². The van der Waals surface area contributed by atoms with Crippen LogP contribution in [-0.2, 0) is 22.5 Å². The van der Waals surface area contributed by atoms with Gasteiger partial charge in [-0.1, -0.05) is 6.07 Å². The van der Waals surface area contributed by atoms with Crippen LogP contribution in [0.5, 0.6) is 5.75 Å². The summed E-state index contributed by atoms with van der Waals surface area (Å²) in [6.07, 6.45) is 2.39. The predicted octanol–water partition coefficient (Wildman–Crippen LogP) is 2.69. The highest BCUT2D eigenvalue weighted by Gasteiger charge is 2.33. The highest BCUT2D eigenvalue weighted by atomic mass is 19.1. The summed E-state index contributed by atoms with van der Waals surface area (Å²) in [4.78, 5) is 21.5. The molecule has 8 nitrogen and oxygen atoms in total. The van der Waals surface area contributed by atoms with Crippen molar-refractivity contribution in [3.05, 3.63) is 47.0 Å². The molecule has 0 bridgehead atoms. The van der Waals surface area contributed by atoms with Gasteiger partial charge in [-0.25, -0.2) is 4.98 Å². The number of hydrogen-bond donors (Lipinski definition) is 3. The third-order valence-electron chi connectivity index (χ3n) is 6.58. The molecule has 1 saturated heterocycles. The van der Waals surface area contributed by atoms with Gasteiger partial charge in [0.25, 0.3) is 5.91 Å². The molecule has 0 aliphatic carbocycles. The summed E-state index contributed by atoms with van der Waals surface area (Å²) < 4.78 is 25.1. The molecule has 4 heterocycles. The highest BCUT2D eigenvalue weighted by Crippen LogP contribution is 2.36. The van der Waals surface area contributed by atoms with Crippen molar-refractivity contribution in [1.29, 1.82) is 0 Å². The van der Waals surface area contributed by atoms with E-state index in [2.05, 4.69) is 27.4 Å². The number of aromatic amines is 1. The second-order valence-corrected chi connectivity index (χ2v) is 9.41. The Hall–Kier alpha value is -3.01. The minimum atomic E-state index is -1.42. The number of fused-ring (bicyclic) bond motifs is 2. The molecule has 9 heteroatoms. The fraction of sp³-hybridized carbons (Fsp3) is 0.440. The Morgan fingerprint density at radius 2 is 2.15 bits per heavy atom. The minimum absolute atomic E-state index is 0.0180. The van der Waals surface area contributed by atoms with E-state index in [0.717, 1.165) is 34.4 Å². The average Bonchev–Trinajstić information content (AvgIpc) is 3.16. The van der Waals surface area contributed by atoms with Gasteiger partial charge in [0.05, 0.1) is 31.8 Å². The Balaban J connectivity index is 1.59. The number of halogens is 1. The van der Waals surface area contributed by atoms with Crippen molar-refractivity contribution in [1.82, 2.24) is 20.2 Å². The standard InChI is InChI=1S/C25H29FN4O4/c1-25(2,32)24(31)30-6-4-14-8-15(9-17(19(14)12-30)20-13-34-7-5-27-20)16-10-18-21(33-3)22(26)29-23(18)28-11-16/h8-11,20,27,32H,4-7,12-13H2,1-3H3,(H,28,29)/t20-/m0/s1. The molecular formula is C25H29FN4O4. The zero-order chi connectivity index (χ0) is 24.0. The zero-order valence-corrected chi connectivity index (χ0v) is 19.6. The molecule has 180 valence electrons. The topological polar surface area (TPSA) is 99.7 Å². The van der Waals surface area contributed by atoms with Gasteiger partial charge in [0.15, 0.2) is 5.75 Å². The number of hydrogen-bond acceptors (Lipinski definition) is 6. The maximum atomic E-state index is 14.2. The first-order valence-corrected chi connectivity index (χ1v) is 11.5. The molecule has 2 aromatic heterocycles. The van der Waals surface area contributed by atoms with Crippen LogP contribution >= 0.6 is 0 Å². The number of morpholine rings is 1. The second kappa shape index (κ2) is 8.65. The normalized spacial score (nSPS) is 18.7. The molecule has 34 heavy (non-hydrogen) atoms. The lowest BCUT2D eigenvalue weighted by atomic mass is 9.87. The Labute approximate surface area is 197 Å². The molecule has 5 rings (SSSR count). The molecule has 0 saturated carbocycles. The zero-order valence-electron chi connectivity index (χ0n) is 19.6. The second-order valence-electron chi connectivity index (χ2n) is 9.41. The molecule has 1 atom stereocenters. The van der Waals surface area contributed by atoms with Gasteiger partial charge >= 0.3 is 0 Å². The first-order valence-electron chi connectivity index (χ1n) is 11.5.